The molecule has 130 valence electrons. The second-order valence-corrected chi connectivity index (χ2v) is 7.06. The number of hydrazine groups is 1. The largest absolute Gasteiger partial charge is 0.307 e. The van der Waals surface area contributed by atoms with Crippen molar-refractivity contribution >= 4 is 27.6 Å². The molecule has 1 aliphatic heterocycles. The van der Waals surface area contributed by atoms with E-state index < -0.39 is 15.9 Å². The minimum atomic E-state index is -3.87. The van der Waals surface area contributed by atoms with E-state index in [0.29, 0.717) is 5.69 Å². The van der Waals surface area contributed by atoms with E-state index in [2.05, 4.69) is 25.2 Å². The third kappa shape index (κ3) is 3.29. The van der Waals surface area contributed by atoms with Crippen LogP contribution in [0.3, 0.4) is 0 Å². The molecule has 3 rings (SSSR count). The third-order valence-electron chi connectivity index (χ3n) is 3.44. The van der Waals surface area contributed by atoms with Crippen LogP contribution in [-0.4, -0.2) is 36.3 Å². The number of nitrogens with one attached hydrogen (secondary N) is 2. The minimum absolute atomic E-state index is 0.00550. The Hall–Kier alpha value is -3.01. The molecular formula is C15H16N6O3S. The zero-order valence-corrected chi connectivity index (χ0v) is 14.4. The highest BCUT2D eigenvalue weighted by molar-refractivity contribution is 7.90. The number of para-hydroxylation sites is 1. The van der Waals surface area contributed by atoms with Gasteiger partial charge in [-0.2, -0.15) is 8.42 Å². The molecule has 2 heterocycles. The predicted octanol–water partition coefficient (Wildman–Crippen LogP) is 0.684. The summed E-state index contributed by atoms with van der Waals surface area (Å²) in [7, 11) is -3.87. The second-order valence-electron chi connectivity index (χ2n) is 5.49. The summed E-state index contributed by atoms with van der Waals surface area (Å²) in [6.45, 7) is 3.77. The van der Waals surface area contributed by atoms with Crippen LogP contribution in [-0.2, 0) is 10.0 Å². The highest BCUT2D eigenvalue weighted by Gasteiger charge is 2.32. The number of sulfonamides is 1. The van der Waals surface area contributed by atoms with Crippen LogP contribution in [0.1, 0.15) is 24.3 Å². The lowest BCUT2D eigenvalue weighted by molar-refractivity contribution is 0.0938. The summed E-state index contributed by atoms with van der Waals surface area (Å²) in [6.07, 6.45) is 4.12. The van der Waals surface area contributed by atoms with Gasteiger partial charge in [0.25, 0.3) is 15.9 Å². The van der Waals surface area contributed by atoms with Crippen molar-refractivity contribution in [3.63, 3.8) is 0 Å². The summed E-state index contributed by atoms with van der Waals surface area (Å²) in [5, 5.41) is 0. The highest BCUT2D eigenvalue weighted by atomic mass is 32.2. The average Bonchev–Trinajstić information content (AvgIpc) is 2.59. The Balaban J connectivity index is 1.90. The number of fused-ring (bicyclic) bond motifs is 1. The number of aromatic nitrogens is 2. The number of hydrogen-bond acceptors (Lipinski definition) is 7. The van der Waals surface area contributed by atoms with Crippen molar-refractivity contribution in [3.8, 4) is 0 Å². The molecule has 9 nitrogen and oxygen atoms in total. The van der Waals surface area contributed by atoms with Gasteiger partial charge in [-0.25, -0.2) is 4.98 Å². The van der Waals surface area contributed by atoms with Gasteiger partial charge in [-0.15, -0.1) is 4.40 Å². The van der Waals surface area contributed by atoms with Gasteiger partial charge in [0.05, 0.1) is 11.9 Å². The smallest absolute Gasteiger partial charge is 0.289 e. The number of amides is 1. The SMILES string of the molecule is CC(C)N1C(NNC(=O)c2cnccn2)=NS(=O)(=O)c2ccccc21. The fraction of sp³-hybridized carbons (Fsp3) is 0.200. The van der Waals surface area contributed by atoms with Crippen molar-refractivity contribution < 1.29 is 13.2 Å². The molecule has 0 bridgehead atoms. The molecule has 0 saturated carbocycles. The van der Waals surface area contributed by atoms with Gasteiger partial charge < -0.3 is 4.90 Å². The molecule has 10 heteroatoms. The van der Waals surface area contributed by atoms with Gasteiger partial charge >= 0.3 is 0 Å². The first-order valence-electron chi connectivity index (χ1n) is 7.46. The molecule has 1 aromatic heterocycles. The molecule has 0 radical (unpaired) electrons. The molecule has 1 aliphatic rings. The van der Waals surface area contributed by atoms with Crippen LogP contribution in [0.4, 0.5) is 5.69 Å². The van der Waals surface area contributed by atoms with Gasteiger partial charge in [0, 0.05) is 18.4 Å². The predicted molar refractivity (Wildman–Crippen MR) is 91.3 cm³/mol. The van der Waals surface area contributed by atoms with Crippen molar-refractivity contribution in [3.05, 3.63) is 48.5 Å². The van der Waals surface area contributed by atoms with Crippen molar-refractivity contribution in [1.29, 1.82) is 0 Å². The standard InChI is InChI=1S/C15H16N6O3S/c1-10(2)21-12-5-3-4-6-13(12)25(23,24)20-15(21)19-18-14(22)11-9-16-7-8-17-11/h3-10H,1-2H3,(H,18,22)(H,19,20). The number of hydrogen-bond donors (Lipinski definition) is 2. The summed E-state index contributed by atoms with van der Waals surface area (Å²) >= 11 is 0. The molecule has 1 aromatic carbocycles. The van der Waals surface area contributed by atoms with Gasteiger partial charge in [-0.3, -0.25) is 20.6 Å². The van der Waals surface area contributed by atoms with Crippen LogP contribution in [0, 0.1) is 0 Å². The van der Waals surface area contributed by atoms with E-state index in [1.165, 1.54) is 24.7 Å². The van der Waals surface area contributed by atoms with Crippen LogP contribution in [0.25, 0.3) is 0 Å². The van der Waals surface area contributed by atoms with Gasteiger partial charge in [0.1, 0.15) is 10.6 Å². The molecule has 2 aromatic rings. The monoisotopic (exact) mass is 360 g/mol. The van der Waals surface area contributed by atoms with E-state index >= 15 is 0 Å². The first-order chi connectivity index (χ1) is 11.9. The first-order valence-corrected chi connectivity index (χ1v) is 8.90. The van der Waals surface area contributed by atoms with E-state index in [9.17, 15) is 13.2 Å². The van der Waals surface area contributed by atoms with E-state index in [1.807, 2.05) is 13.8 Å². The van der Waals surface area contributed by atoms with Gasteiger partial charge in [0.15, 0.2) is 0 Å². The third-order valence-corrected chi connectivity index (χ3v) is 4.75. The molecule has 0 unspecified atom stereocenters. The molecule has 25 heavy (non-hydrogen) atoms. The van der Waals surface area contributed by atoms with E-state index in [4.69, 9.17) is 0 Å². The van der Waals surface area contributed by atoms with Crippen molar-refractivity contribution in [2.24, 2.45) is 4.40 Å². The van der Waals surface area contributed by atoms with Crippen LogP contribution in [0.2, 0.25) is 0 Å². The number of benzene rings is 1. The maximum absolute atomic E-state index is 12.4. The fourth-order valence-electron chi connectivity index (χ4n) is 2.39. The molecular weight excluding hydrogens is 344 g/mol. The Morgan fingerprint density at radius 1 is 1.20 bits per heavy atom. The molecule has 0 saturated heterocycles. The average molecular weight is 360 g/mol. The first kappa shape index (κ1) is 16.8. The normalized spacial score (nSPS) is 15.3. The number of carbonyl (C=O) groups is 1. The van der Waals surface area contributed by atoms with Crippen LogP contribution >= 0.6 is 0 Å². The molecule has 1 amide bonds. The zero-order chi connectivity index (χ0) is 18.0. The minimum Gasteiger partial charge on any atom is -0.307 e. The number of nitrogens with zero attached hydrogens (tertiary/aromatic N) is 4. The molecule has 0 atom stereocenters. The Morgan fingerprint density at radius 2 is 1.96 bits per heavy atom. The van der Waals surface area contributed by atoms with Crippen LogP contribution in [0.15, 0.2) is 52.1 Å². The van der Waals surface area contributed by atoms with E-state index in [1.54, 1.807) is 23.1 Å². The lowest BCUT2D eigenvalue weighted by atomic mass is 10.2. The molecule has 0 aliphatic carbocycles. The number of anilines is 1. The maximum atomic E-state index is 12.4. The Kier molecular flexibility index (Phi) is 4.36. The molecule has 0 spiro atoms. The number of carbonyl (C=O) groups excluding carboxylic acids is 1. The Morgan fingerprint density at radius 3 is 2.64 bits per heavy atom. The van der Waals surface area contributed by atoms with E-state index in [0.717, 1.165) is 0 Å². The van der Waals surface area contributed by atoms with Crippen LogP contribution in [0.5, 0.6) is 0 Å². The molecule has 2 N–H and O–H groups in total. The number of rotatable bonds is 2. The van der Waals surface area contributed by atoms with Gasteiger partial charge in [0.2, 0.25) is 5.96 Å². The second kappa shape index (κ2) is 6.48. The summed E-state index contributed by atoms with van der Waals surface area (Å²) in [4.78, 5) is 21.6. The summed E-state index contributed by atoms with van der Waals surface area (Å²) in [5.74, 6) is -0.554. The summed E-state index contributed by atoms with van der Waals surface area (Å²) < 4.78 is 28.5. The Labute approximate surface area is 144 Å². The van der Waals surface area contributed by atoms with Crippen molar-refractivity contribution in [1.82, 2.24) is 20.8 Å². The Bertz CT molecular complexity index is 927. The quantitative estimate of drug-likeness (QED) is 0.757. The number of guanidine groups is 1. The fourth-order valence-corrected chi connectivity index (χ4v) is 3.54. The van der Waals surface area contributed by atoms with Gasteiger partial charge in [-0.05, 0) is 26.0 Å². The lowest BCUT2D eigenvalue weighted by Crippen LogP contribution is -2.54. The topological polar surface area (TPSA) is 117 Å². The van der Waals surface area contributed by atoms with Crippen molar-refractivity contribution in [2.75, 3.05) is 4.90 Å². The van der Waals surface area contributed by atoms with E-state index in [-0.39, 0.29) is 22.6 Å². The highest BCUT2D eigenvalue weighted by Crippen LogP contribution is 2.31. The van der Waals surface area contributed by atoms with Crippen molar-refractivity contribution in [2.45, 2.75) is 24.8 Å². The zero-order valence-electron chi connectivity index (χ0n) is 13.5. The lowest BCUT2D eigenvalue weighted by Gasteiger charge is -2.33. The summed E-state index contributed by atoms with van der Waals surface area (Å²) in [6, 6.07) is 6.46. The molecule has 0 fully saturated rings. The van der Waals surface area contributed by atoms with Gasteiger partial charge in [-0.1, -0.05) is 12.1 Å². The van der Waals surface area contributed by atoms with Crippen LogP contribution < -0.4 is 15.8 Å². The summed E-state index contributed by atoms with van der Waals surface area (Å²) in [5.41, 5.74) is 5.55. The maximum Gasteiger partial charge on any atom is 0.289 e.